The molecule has 0 aliphatic rings. The molecule has 0 aliphatic heterocycles. The maximum absolute atomic E-state index is 12.1. The lowest BCUT2D eigenvalue weighted by Crippen LogP contribution is -1.98. The predicted molar refractivity (Wildman–Crippen MR) is 80.5 cm³/mol. The molecule has 0 saturated carbocycles. The van der Waals surface area contributed by atoms with Crippen LogP contribution in [0.15, 0.2) is 48.5 Å². The highest BCUT2D eigenvalue weighted by Crippen LogP contribution is 2.13. The molecular weight excluding hydrogens is 232 g/mol. The molecule has 2 aromatic rings. The van der Waals surface area contributed by atoms with Crippen molar-refractivity contribution < 1.29 is 4.79 Å². The van der Waals surface area contributed by atoms with Crippen LogP contribution in [0.25, 0.3) is 6.08 Å². The normalized spacial score (nSPS) is 10.9. The monoisotopic (exact) mass is 250 g/mol. The number of carbonyl (C=O) groups is 1. The van der Waals surface area contributed by atoms with Crippen molar-refractivity contribution in [2.45, 2.75) is 20.8 Å². The first-order valence-corrected chi connectivity index (χ1v) is 6.42. The van der Waals surface area contributed by atoms with Crippen LogP contribution in [-0.2, 0) is 0 Å². The van der Waals surface area contributed by atoms with Gasteiger partial charge in [-0.3, -0.25) is 4.79 Å². The Morgan fingerprint density at radius 1 is 0.947 bits per heavy atom. The van der Waals surface area contributed by atoms with Crippen LogP contribution in [0, 0.1) is 20.8 Å². The SMILES string of the molecule is Cc1cccc(/C=C/C(=O)c2ccc(C)cc2C)c1. The molecule has 0 saturated heterocycles. The van der Waals surface area contributed by atoms with Gasteiger partial charge in [-0.2, -0.15) is 0 Å². The van der Waals surface area contributed by atoms with Crippen LogP contribution in [-0.4, -0.2) is 5.78 Å². The summed E-state index contributed by atoms with van der Waals surface area (Å²) in [6.45, 7) is 6.05. The van der Waals surface area contributed by atoms with E-state index in [1.54, 1.807) is 6.08 Å². The Labute approximate surface area is 114 Å². The molecule has 96 valence electrons. The van der Waals surface area contributed by atoms with Gasteiger partial charge in [-0.05, 0) is 38.0 Å². The first-order valence-electron chi connectivity index (χ1n) is 6.42. The van der Waals surface area contributed by atoms with E-state index < -0.39 is 0 Å². The second kappa shape index (κ2) is 5.66. The fraction of sp³-hybridized carbons (Fsp3) is 0.167. The van der Waals surface area contributed by atoms with Crippen molar-refractivity contribution in [3.05, 3.63) is 76.4 Å². The molecule has 1 nitrogen and oxygen atoms in total. The summed E-state index contributed by atoms with van der Waals surface area (Å²) in [5, 5.41) is 0. The van der Waals surface area contributed by atoms with Crippen molar-refractivity contribution in [2.24, 2.45) is 0 Å². The summed E-state index contributed by atoms with van der Waals surface area (Å²) >= 11 is 0. The Morgan fingerprint density at radius 2 is 1.68 bits per heavy atom. The fourth-order valence-corrected chi connectivity index (χ4v) is 2.13. The molecule has 0 heterocycles. The average molecular weight is 250 g/mol. The molecule has 0 aromatic heterocycles. The second-order valence-corrected chi connectivity index (χ2v) is 4.93. The van der Waals surface area contributed by atoms with Gasteiger partial charge in [-0.25, -0.2) is 0 Å². The van der Waals surface area contributed by atoms with E-state index in [4.69, 9.17) is 0 Å². The van der Waals surface area contributed by atoms with Gasteiger partial charge in [0, 0.05) is 5.56 Å². The maximum atomic E-state index is 12.1. The van der Waals surface area contributed by atoms with Crippen molar-refractivity contribution in [1.29, 1.82) is 0 Å². The molecule has 1 heteroatoms. The third kappa shape index (κ3) is 3.41. The van der Waals surface area contributed by atoms with Gasteiger partial charge in [-0.1, -0.05) is 59.7 Å². The van der Waals surface area contributed by atoms with Crippen molar-refractivity contribution in [3.63, 3.8) is 0 Å². The van der Waals surface area contributed by atoms with E-state index in [1.807, 2.05) is 63.2 Å². The van der Waals surface area contributed by atoms with Crippen LogP contribution in [0.1, 0.15) is 32.6 Å². The smallest absolute Gasteiger partial charge is 0.186 e. The molecule has 0 unspecified atom stereocenters. The molecule has 0 radical (unpaired) electrons. The third-order valence-corrected chi connectivity index (χ3v) is 3.12. The number of carbonyl (C=O) groups excluding carboxylic acids is 1. The van der Waals surface area contributed by atoms with Crippen molar-refractivity contribution in [1.82, 2.24) is 0 Å². The minimum Gasteiger partial charge on any atom is -0.289 e. The zero-order valence-electron chi connectivity index (χ0n) is 11.6. The van der Waals surface area contributed by atoms with Crippen molar-refractivity contribution >= 4 is 11.9 Å². The summed E-state index contributed by atoms with van der Waals surface area (Å²) in [6, 6.07) is 14.0. The molecule has 0 bridgehead atoms. The zero-order valence-corrected chi connectivity index (χ0v) is 11.6. The molecule has 19 heavy (non-hydrogen) atoms. The van der Waals surface area contributed by atoms with Gasteiger partial charge in [0.05, 0.1) is 0 Å². The Kier molecular flexibility index (Phi) is 3.96. The van der Waals surface area contributed by atoms with Gasteiger partial charge in [0.25, 0.3) is 0 Å². The van der Waals surface area contributed by atoms with Gasteiger partial charge in [0.15, 0.2) is 5.78 Å². The zero-order chi connectivity index (χ0) is 13.8. The van der Waals surface area contributed by atoms with Crippen molar-refractivity contribution in [2.75, 3.05) is 0 Å². The maximum Gasteiger partial charge on any atom is 0.186 e. The van der Waals surface area contributed by atoms with E-state index in [1.165, 1.54) is 11.1 Å². The summed E-state index contributed by atoms with van der Waals surface area (Å²) in [5.74, 6) is 0.0546. The van der Waals surface area contributed by atoms with E-state index in [-0.39, 0.29) is 5.78 Å². The van der Waals surface area contributed by atoms with Gasteiger partial charge < -0.3 is 0 Å². The topological polar surface area (TPSA) is 17.1 Å². The summed E-state index contributed by atoms with van der Waals surface area (Å²) in [4.78, 5) is 12.1. The van der Waals surface area contributed by atoms with E-state index in [0.29, 0.717) is 0 Å². The highest BCUT2D eigenvalue weighted by molar-refractivity contribution is 6.07. The number of hydrogen-bond donors (Lipinski definition) is 0. The first kappa shape index (κ1) is 13.3. The summed E-state index contributed by atoms with van der Waals surface area (Å²) < 4.78 is 0. The van der Waals surface area contributed by atoms with Crippen molar-refractivity contribution in [3.8, 4) is 0 Å². The van der Waals surface area contributed by atoms with Crippen LogP contribution in [0.5, 0.6) is 0 Å². The van der Waals surface area contributed by atoms with E-state index >= 15 is 0 Å². The highest BCUT2D eigenvalue weighted by atomic mass is 16.1. The predicted octanol–water partition coefficient (Wildman–Crippen LogP) is 4.51. The quantitative estimate of drug-likeness (QED) is 0.578. The summed E-state index contributed by atoms with van der Waals surface area (Å²) in [7, 11) is 0. The molecular formula is C18H18O. The molecule has 0 spiro atoms. The lowest BCUT2D eigenvalue weighted by atomic mass is 10.0. The fourth-order valence-electron chi connectivity index (χ4n) is 2.13. The third-order valence-electron chi connectivity index (χ3n) is 3.12. The van der Waals surface area contributed by atoms with Gasteiger partial charge >= 0.3 is 0 Å². The molecule has 2 rings (SSSR count). The number of hydrogen-bond acceptors (Lipinski definition) is 1. The largest absolute Gasteiger partial charge is 0.289 e. The number of aryl methyl sites for hydroxylation is 3. The van der Waals surface area contributed by atoms with Gasteiger partial charge in [-0.15, -0.1) is 0 Å². The molecule has 0 atom stereocenters. The van der Waals surface area contributed by atoms with Gasteiger partial charge in [0.2, 0.25) is 0 Å². The van der Waals surface area contributed by atoms with Crippen LogP contribution < -0.4 is 0 Å². The summed E-state index contributed by atoms with van der Waals surface area (Å²) in [6.07, 6.45) is 3.51. The number of ketones is 1. The van der Waals surface area contributed by atoms with Crippen LogP contribution in [0.2, 0.25) is 0 Å². The molecule has 0 amide bonds. The molecule has 0 N–H and O–H groups in total. The van der Waals surface area contributed by atoms with E-state index in [2.05, 4.69) is 6.07 Å². The minimum absolute atomic E-state index is 0.0546. The molecule has 0 fully saturated rings. The van der Waals surface area contributed by atoms with Crippen LogP contribution in [0.3, 0.4) is 0 Å². The average Bonchev–Trinajstić information content (AvgIpc) is 2.36. The standard InChI is InChI=1S/C18H18O/c1-13-5-4-6-16(12-13)8-10-18(19)17-9-7-14(2)11-15(17)3/h4-12H,1-3H3/b10-8+. The Bertz CT molecular complexity index is 636. The number of allylic oxidation sites excluding steroid dienone is 1. The lowest BCUT2D eigenvalue weighted by molar-refractivity contribution is 0.104. The number of benzene rings is 2. The van der Waals surface area contributed by atoms with E-state index in [9.17, 15) is 4.79 Å². The lowest BCUT2D eigenvalue weighted by Gasteiger charge is -2.03. The van der Waals surface area contributed by atoms with Crippen LogP contribution in [0.4, 0.5) is 0 Å². The number of rotatable bonds is 3. The first-order chi connectivity index (χ1) is 9.06. The van der Waals surface area contributed by atoms with Gasteiger partial charge in [0.1, 0.15) is 0 Å². The Balaban J connectivity index is 2.21. The Hall–Kier alpha value is -2.15. The second-order valence-electron chi connectivity index (χ2n) is 4.93. The molecule has 0 aliphatic carbocycles. The van der Waals surface area contributed by atoms with E-state index in [0.717, 1.165) is 16.7 Å². The minimum atomic E-state index is 0.0546. The molecule has 2 aromatic carbocycles. The van der Waals surface area contributed by atoms with Crippen LogP contribution >= 0.6 is 0 Å². The Morgan fingerprint density at radius 3 is 2.37 bits per heavy atom. The summed E-state index contributed by atoms with van der Waals surface area (Å²) in [5.41, 5.74) is 5.23. The highest BCUT2D eigenvalue weighted by Gasteiger charge is 2.05.